The van der Waals surface area contributed by atoms with Crippen molar-refractivity contribution < 1.29 is 0 Å². The zero-order valence-corrected chi connectivity index (χ0v) is 11.6. The average Bonchev–Trinajstić information content (AvgIpc) is 2.54. The van der Waals surface area contributed by atoms with Gasteiger partial charge in [-0.2, -0.15) is 0 Å². The summed E-state index contributed by atoms with van der Waals surface area (Å²) in [6.07, 6.45) is 1.23. The lowest BCUT2D eigenvalue weighted by molar-refractivity contribution is 0.207. The van der Waals surface area contributed by atoms with E-state index >= 15 is 0 Å². The molecule has 1 aliphatic rings. The van der Waals surface area contributed by atoms with E-state index in [-0.39, 0.29) is 0 Å². The van der Waals surface area contributed by atoms with Gasteiger partial charge in [-0.05, 0) is 39.0 Å². The van der Waals surface area contributed by atoms with Gasteiger partial charge >= 0.3 is 0 Å². The molecule has 0 radical (unpaired) electrons. The van der Waals surface area contributed by atoms with Crippen molar-refractivity contribution in [2.24, 2.45) is 5.73 Å². The van der Waals surface area contributed by atoms with Crippen molar-refractivity contribution in [2.45, 2.75) is 25.9 Å². The number of hydrogen-bond donors (Lipinski definition) is 1. The van der Waals surface area contributed by atoms with Gasteiger partial charge in [0.2, 0.25) is 0 Å². The van der Waals surface area contributed by atoms with Gasteiger partial charge in [0.1, 0.15) is 0 Å². The largest absolute Gasteiger partial charge is 0.329 e. The van der Waals surface area contributed by atoms with Gasteiger partial charge in [-0.1, -0.05) is 29.8 Å². The Hall–Kier alpha value is -0.900. The summed E-state index contributed by atoms with van der Waals surface area (Å²) in [6.45, 7) is 7.35. The number of hydrogen-bond acceptors (Lipinski definition) is 3. The van der Waals surface area contributed by atoms with Crippen molar-refractivity contribution in [3.05, 3.63) is 35.4 Å². The van der Waals surface area contributed by atoms with E-state index in [1.165, 1.54) is 24.1 Å². The van der Waals surface area contributed by atoms with E-state index in [0.717, 1.165) is 26.2 Å². The minimum absolute atomic E-state index is 0.498. The molecule has 0 bridgehead atoms. The Morgan fingerprint density at radius 2 is 1.94 bits per heavy atom. The summed E-state index contributed by atoms with van der Waals surface area (Å²) in [7, 11) is 2.19. The smallest absolute Gasteiger partial charge is 0.0342 e. The average molecular weight is 247 g/mol. The van der Waals surface area contributed by atoms with Gasteiger partial charge in [-0.25, -0.2) is 0 Å². The summed E-state index contributed by atoms with van der Waals surface area (Å²) in [5.41, 5.74) is 8.60. The van der Waals surface area contributed by atoms with Gasteiger partial charge in [0, 0.05) is 25.7 Å². The Bertz CT molecular complexity index is 361. The third-order valence-electron chi connectivity index (χ3n) is 3.88. The van der Waals surface area contributed by atoms with Crippen LogP contribution in [0.5, 0.6) is 0 Å². The van der Waals surface area contributed by atoms with Crippen LogP contribution in [0.4, 0.5) is 0 Å². The lowest BCUT2D eigenvalue weighted by Gasteiger charge is -2.27. The molecule has 1 aromatic rings. The number of likely N-dealkylation sites (N-methyl/N-ethyl adjacent to an activating group) is 1. The molecule has 1 aromatic carbocycles. The molecule has 1 unspecified atom stereocenters. The van der Waals surface area contributed by atoms with Crippen LogP contribution in [-0.4, -0.2) is 49.1 Å². The summed E-state index contributed by atoms with van der Waals surface area (Å²) in [4.78, 5) is 4.93. The number of benzene rings is 1. The molecule has 1 aliphatic heterocycles. The van der Waals surface area contributed by atoms with Crippen LogP contribution in [0.3, 0.4) is 0 Å². The zero-order chi connectivity index (χ0) is 13.0. The predicted octanol–water partition coefficient (Wildman–Crippen LogP) is 1.46. The van der Waals surface area contributed by atoms with Crippen molar-refractivity contribution in [1.82, 2.24) is 9.80 Å². The molecule has 0 spiro atoms. The molecule has 2 N–H and O–H groups in total. The Morgan fingerprint density at radius 1 is 1.22 bits per heavy atom. The minimum atomic E-state index is 0.498. The van der Waals surface area contributed by atoms with Crippen molar-refractivity contribution >= 4 is 0 Å². The van der Waals surface area contributed by atoms with Crippen molar-refractivity contribution in [1.29, 1.82) is 0 Å². The van der Waals surface area contributed by atoms with Gasteiger partial charge in [0.05, 0.1) is 0 Å². The van der Waals surface area contributed by atoms with Gasteiger partial charge in [0.25, 0.3) is 0 Å². The number of rotatable bonds is 3. The molecule has 3 nitrogen and oxygen atoms in total. The highest BCUT2D eigenvalue weighted by atomic mass is 15.2. The molecule has 1 heterocycles. The molecule has 0 amide bonds. The van der Waals surface area contributed by atoms with E-state index in [2.05, 4.69) is 48.0 Å². The Labute approximate surface area is 111 Å². The highest BCUT2D eigenvalue weighted by Crippen LogP contribution is 2.12. The maximum absolute atomic E-state index is 5.87. The van der Waals surface area contributed by atoms with E-state index in [1.807, 2.05) is 0 Å². The maximum Gasteiger partial charge on any atom is 0.0342 e. The molecule has 1 atom stereocenters. The van der Waals surface area contributed by atoms with Crippen LogP contribution in [0.1, 0.15) is 17.5 Å². The molecule has 1 fully saturated rings. The molecular formula is C15H25N3. The molecule has 18 heavy (non-hydrogen) atoms. The molecular weight excluding hydrogens is 222 g/mol. The molecule has 0 aliphatic carbocycles. The summed E-state index contributed by atoms with van der Waals surface area (Å²) < 4.78 is 0. The SMILES string of the molecule is Cc1ccc(CN2CCCN(C)C(CN)C2)cc1. The standard InChI is InChI=1S/C15H25N3/c1-13-4-6-14(7-5-13)11-18-9-3-8-17(2)15(10-16)12-18/h4-7,15H,3,8-12,16H2,1-2H3. The Morgan fingerprint density at radius 3 is 2.61 bits per heavy atom. The summed E-state index contributed by atoms with van der Waals surface area (Å²) in [5, 5.41) is 0. The Balaban J connectivity index is 1.97. The predicted molar refractivity (Wildman–Crippen MR) is 76.5 cm³/mol. The lowest BCUT2D eigenvalue weighted by atomic mass is 10.1. The zero-order valence-electron chi connectivity index (χ0n) is 11.6. The molecule has 3 heteroatoms. The van der Waals surface area contributed by atoms with Crippen molar-refractivity contribution in [2.75, 3.05) is 33.2 Å². The highest BCUT2D eigenvalue weighted by Gasteiger charge is 2.20. The third-order valence-corrected chi connectivity index (χ3v) is 3.88. The van der Waals surface area contributed by atoms with Crippen LogP contribution in [-0.2, 0) is 6.54 Å². The van der Waals surface area contributed by atoms with E-state index < -0.39 is 0 Å². The monoisotopic (exact) mass is 247 g/mol. The van der Waals surface area contributed by atoms with Crippen molar-refractivity contribution in [3.8, 4) is 0 Å². The van der Waals surface area contributed by atoms with E-state index in [9.17, 15) is 0 Å². The van der Waals surface area contributed by atoms with Crippen LogP contribution < -0.4 is 5.73 Å². The number of nitrogens with two attached hydrogens (primary N) is 1. The fourth-order valence-corrected chi connectivity index (χ4v) is 2.60. The second-order valence-corrected chi connectivity index (χ2v) is 5.44. The second kappa shape index (κ2) is 6.32. The molecule has 0 saturated carbocycles. The van der Waals surface area contributed by atoms with Gasteiger partial charge < -0.3 is 10.6 Å². The van der Waals surface area contributed by atoms with Gasteiger partial charge in [0.15, 0.2) is 0 Å². The first-order chi connectivity index (χ1) is 8.69. The highest BCUT2D eigenvalue weighted by molar-refractivity contribution is 5.21. The molecule has 0 aromatic heterocycles. The first-order valence-corrected chi connectivity index (χ1v) is 6.87. The van der Waals surface area contributed by atoms with Crippen LogP contribution >= 0.6 is 0 Å². The summed E-state index contributed by atoms with van der Waals surface area (Å²) in [6, 6.07) is 9.36. The van der Waals surface area contributed by atoms with Crippen LogP contribution in [0.2, 0.25) is 0 Å². The first kappa shape index (κ1) is 13.5. The molecule has 1 saturated heterocycles. The Kier molecular flexibility index (Phi) is 4.75. The summed E-state index contributed by atoms with van der Waals surface area (Å²) >= 11 is 0. The van der Waals surface area contributed by atoms with Gasteiger partial charge in [-0.15, -0.1) is 0 Å². The van der Waals surface area contributed by atoms with E-state index in [1.54, 1.807) is 0 Å². The number of aryl methyl sites for hydroxylation is 1. The lowest BCUT2D eigenvalue weighted by Crippen LogP contribution is -2.43. The maximum atomic E-state index is 5.87. The van der Waals surface area contributed by atoms with E-state index in [4.69, 9.17) is 5.73 Å². The molecule has 100 valence electrons. The first-order valence-electron chi connectivity index (χ1n) is 6.87. The topological polar surface area (TPSA) is 32.5 Å². The van der Waals surface area contributed by atoms with Gasteiger partial charge in [-0.3, -0.25) is 4.90 Å². The minimum Gasteiger partial charge on any atom is -0.329 e. The van der Waals surface area contributed by atoms with Crippen molar-refractivity contribution in [3.63, 3.8) is 0 Å². The number of nitrogens with zero attached hydrogens (tertiary/aromatic N) is 2. The second-order valence-electron chi connectivity index (χ2n) is 5.44. The summed E-state index contributed by atoms with van der Waals surface area (Å²) in [5.74, 6) is 0. The third kappa shape index (κ3) is 3.55. The van der Waals surface area contributed by atoms with Crippen LogP contribution in [0.25, 0.3) is 0 Å². The quantitative estimate of drug-likeness (QED) is 0.878. The fraction of sp³-hybridized carbons (Fsp3) is 0.600. The fourth-order valence-electron chi connectivity index (χ4n) is 2.60. The molecule has 2 rings (SSSR count). The van der Waals surface area contributed by atoms with E-state index in [0.29, 0.717) is 6.04 Å². The van der Waals surface area contributed by atoms with Crippen LogP contribution in [0, 0.1) is 6.92 Å². The normalized spacial score (nSPS) is 22.9. The van der Waals surface area contributed by atoms with Crippen LogP contribution in [0.15, 0.2) is 24.3 Å².